The lowest BCUT2D eigenvalue weighted by Crippen LogP contribution is -2.39. The molecule has 1 aromatic rings. The number of imidazole rings is 1. The highest BCUT2D eigenvalue weighted by Crippen LogP contribution is 2.12. The molecule has 1 aliphatic heterocycles. The van der Waals surface area contributed by atoms with E-state index in [0.29, 0.717) is 12.1 Å². The van der Waals surface area contributed by atoms with E-state index >= 15 is 0 Å². The third-order valence-electron chi connectivity index (χ3n) is 2.85. The number of hydrogen-bond donors (Lipinski definition) is 1. The fourth-order valence-corrected chi connectivity index (χ4v) is 2.00. The van der Waals surface area contributed by atoms with Crippen LogP contribution in [0.2, 0.25) is 0 Å². The smallest absolute Gasteiger partial charge is 0.0946 e. The van der Waals surface area contributed by atoms with Gasteiger partial charge < -0.3 is 14.6 Å². The van der Waals surface area contributed by atoms with E-state index in [2.05, 4.69) is 21.8 Å². The number of rotatable bonds is 4. The quantitative estimate of drug-likeness (QED) is 0.805. The summed E-state index contributed by atoms with van der Waals surface area (Å²) in [5, 5.41) is 3.56. The van der Waals surface area contributed by atoms with E-state index in [9.17, 15) is 0 Å². The molecule has 1 saturated heterocycles. The van der Waals surface area contributed by atoms with Crippen LogP contribution in [0.4, 0.5) is 0 Å². The van der Waals surface area contributed by atoms with Crippen LogP contribution in [0.15, 0.2) is 18.7 Å². The number of nitrogens with zero attached hydrogens (tertiary/aromatic N) is 2. The number of ether oxygens (including phenoxy) is 1. The van der Waals surface area contributed by atoms with Crippen molar-refractivity contribution in [3.05, 3.63) is 18.7 Å². The lowest BCUT2D eigenvalue weighted by molar-refractivity contribution is 0.0133. The molecule has 0 amide bonds. The molecule has 0 spiro atoms. The van der Waals surface area contributed by atoms with Crippen molar-refractivity contribution in [2.45, 2.75) is 38.5 Å². The lowest BCUT2D eigenvalue weighted by Gasteiger charge is -2.28. The molecule has 4 nitrogen and oxygen atoms in total. The predicted molar refractivity (Wildman–Crippen MR) is 58.7 cm³/mol. The normalized spacial score (nSPS) is 26.7. The molecule has 1 fully saturated rings. The van der Waals surface area contributed by atoms with Crippen LogP contribution < -0.4 is 5.32 Å². The highest BCUT2D eigenvalue weighted by atomic mass is 16.5. The van der Waals surface area contributed by atoms with Gasteiger partial charge in [-0.25, -0.2) is 4.98 Å². The Morgan fingerprint density at radius 3 is 3.27 bits per heavy atom. The van der Waals surface area contributed by atoms with Gasteiger partial charge in [-0.2, -0.15) is 0 Å². The van der Waals surface area contributed by atoms with Gasteiger partial charge >= 0.3 is 0 Å². The molecular formula is C11H19N3O. The third kappa shape index (κ3) is 3.32. The van der Waals surface area contributed by atoms with Crippen LogP contribution in [-0.2, 0) is 11.3 Å². The van der Waals surface area contributed by atoms with Gasteiger partial charge in [-0.15, -0.1) is 0 Å². The lowest BCUT2D eigenvalue weighted by atomic mass is 10.0. The van der Waals surface area contributed by atoms with Crippen LogP contribution in [0, 0.1) is 0 Å². The second kappa shape index (κ2) is 5.28. The zero-order chi connectivity index (χ0) is 10.5. The number of nitrogens with one attached hydrogen (secondary N) is 1. The van der Waals surface area contributed by atoms with Crippen molar-refractivity contribution < 1.29 is 4.74 Å². The Labute approximate surface area is 90.6 Å². The molecule has 0 aromatic carbocycles. The molecule has 84 valence electrons. The molecule has 15 heavy (non-hydrogen) atoms. The summed E-state index contributed by atoms with van der Waals surface area (Å²) in [4.78, 5) is 4.01. The van der Waals surface area contributed by atoms with Crippen molar-refractivity contribution in [1.29, 1.82) is 0 Å². The summed E-state index contributed by atoms with van der Waals surface area (Å²) in [6.07, 6.45) is 8.33. The SMILES string of the molecule is CC1CC(NCCn2ccnc2)CCO1. The fourth-order valence-electron chi connectivity index (χ4n) is 2.00. The van der Waals surface area contributed by atoms with Gasteiger partial charge in [0.15, 0.2) is 0 Å². The second-order valence-corrected chi connectivity index (χ2v) is 4.16. The van der Waals surface area contributed by atoms with Crippen LogP contribution >= 0.6 is 0 Å². The molecule has 0 radical (unpaired) electrons. The average molecular weight is 209 g/mol. The minimum absolute atomic E-state index is 0.407. The first kappa shape index (κ1) is 10.6. The van der Waals surface area contributed by atoms with Gasteiger partial charge in [0, 0.05) is 38.1 Å². The summed E-state index contributed by atoms with van der Waals surface area (Å²) in [5.41, 5.74) is 0. The summed E-state index contributed by atoms with van der Waals surface area (Å²) >= 11 is 0. The summed E-state index contributed by atoms with van der Waals surface area (Å²) < 4.78 is 7.60. The molecule has 1 N–H and O–H groups in total. The van der Waals surface area contributed by atoms with E-state index in [-0.39, 0.29) is 0 Å². The van der Waals surface area contributed by atoms with Gasteiger partial charge in [0.25, 0.3) is 0 Å². The highest BCUT2D eigenvalue weighted by Gasteiger charge is 2.18. The van der Waals surface area contributed by atoms with E-state index in [1.165, 1.54) is 0 Å². The Hall–Kier alpha value is -0.870. The van der Waals surface area contributed by atoms with Crippen LogP contribution in [0.1, 0.15) is 19.8 Å². The van der Waals surface area contributed by atoms with Crippen molar-refractivity contribution in [3.8, 4) is 0 Å². The molecule has 2 heterocycles. The minimum atomic E-state index is 0.407. The first-order chi connectivity index (χ1) is 7.34. The second-order valence-electron chi connectivity index (χ2n) is 4.16. The molecule has 0 saturated carbocycles. The monoisotopic (exact) mass is 209 g/mol. The van der Waals surface area contributed by atoms with Crippen LogP contribution in [-0.4, -0.2) is 34.8 Å². The molecule has 4 heteroatoms. The highest BCUT2D eigenvalue weighted by molar-refractivity contribution is 4.77. The van der Waals surface area contributed by atoms with Gasteiger partial charge in [0.2, 0.25) is 0 Å². The maximum absolute atomic E-state index is 5.51. The Bertz CT molecular complexity index is 273. The number of aromatic nitrogens is 2. The molecule has 0 aliphatic carbocycles. The number of hydrogen-bond acceptors (Lipinski definition) is 3. The van der Waals surface area contributed by atoms with E-state index in [0.717, 1.165) is 32.5 Å². The zero-order valence-corrected chi connectivity index (χ0v) is 9.22. The summed E-state index contributed by atoms with van der Waals surface area (Å²) in [7, 11) is 0. The standard InChI is InChI=1S/C11H19N3O/c1-10-8-11(2-7-15-10)13-4-6-14-5-3-12-9-14/h3,5,9-11,13H,2,4,6-8H2,1H3. The van der Waals surface area contributed by atoms with Crippen molar-refractivity contribution >= 4 is 0 Å². The summed E-state index contributed by atoms with van der Waals surface area (Å²) in [5.74, 6) is 0. The van der Waals surface area contributed by atoms with Gasteiger partial charge in [0.05, 0.1) is 12.4 Å². The Balaban J connectivity index is 1.65. The summed E-state index contributed by atoms with van der Waals surface area (Å²) in [6.45, 7) is 5.03. The molecule has 2 unspecified atom stereocenters. The Kier molecular flexibility index (Phi) is 3.75. The van der Waals surface area contributed by atoms with E-state index < -0.39 is 0 Å². The van der Waals surface area contributed by atoms with Gasteiger partial charge in [-0.1, -0.05) is 0 Å². The Morgan fingerprint density at radius 1 is 1.60 bits per heavy atom. The largest absolute Gasteiger partial charge is 0.378 e. The Morgan fingerprint density at radius 2 is 2.53 bits per heavy atom. The maximum Gasteiger partial charge on any atom is 0.0946 e. The maximum atomic E-state index is 5.51. The third-order valence-corrected chi connectivity index (χ3v) is 2.85. The van der Waals surface area contributed by atoms with E-state index in [4.69, 9.17) is 4.74 Å². The van der Waals surface area contributed by atoms with E-state index in [1.807, 2.05) is 18.7 Å². The minimum Gasteiger partial charge on any atom is -0.378 e. The summed E-state index contributed by atoms with van der Waals surface area (Å²) in [6, 6.07) is 0.622. The molecule has 2 rings (SSSR count). The molecular weight excluding hydrogens is 190 g/mol. The van der Waals surface area contributed by atoms with Crippen LogP contribution in [0.5, 0.6) is 0 Å². The average Bonchev–Trinajstić information content (AvgIpc) is 2.71. The first-order valence-corrected chi connectivity index (χ1v) is 5.65. The topological polar surface area (TPSA) is 39.1 Å². The predicted octanol–water partition coefficient (Wildman–Crippen LogP) is 1.04. The molecule has 1 aromatic heterocycles. The fraction of sp³-hybridized carbons (Fsp3) is 0.727. The van der Waals surface area contributed by atoms with Gasteiger partial charge in [0.1, 0.15) is 0 Å². The van der Waals surface area contributed by atoms with Crippen molar-refractivity contribution in [1.82, 2.24) is 14.9 Å². The van der Waals surface area contributed by atoms with Gasteiger partial charge in [-0.3, -0.25) is 0 Å². The van der Waals surface area contributed by atoms with Crippen LogP contribution in [0.25, 0.3) is 0 Å². The first-order valence-electron chi connectivity index (χ1n) is 5.65. The zero-order valence-electron chi connectivity index (χ0n) is 9.22. The van der Waals surface area contributed by atoms with Gasteiger partial charge in [-0.05, 0) is 19.8 Å². The van der Waals surface area contributed by atoms with Crippen molar-refractivity contribution in [2.75, 3.05) is 13.2 Å². The van der Waals surface area contributed by atoms with Crippen molar-refractivity contribution in [3.63, 3.8) is 0 Å². The van der Waals surface area contributed by atoms with Crippen molar-refractivity contribution in [2.24, 2.45) is 0 Å². The molecule has 2 atom stereocenters. The molecule has 1 aliphatic rings. The van der Waals surface area contributed by atoms with E-state index in [1.54, 1.807) is 0 Å². The van der Waals surface area contributed by atoms with Crippen LogP contribution in [0.3, 0.4) is 0 Å². The molecule has 0 bridgehead atoms.